The summed E-state index contributed by atoms with van der Waals surface area (Å²) in [7, 11) is 0. The van der Waals surface area contributed by atoms with Crippen molar-refractivity contribution in [3.8, 4) is 0 Å². The zero-order chi connectivity index (χ0) is 15.5. The van der Waals surface area contributed by atoms with E-state index in [9.17, 15) is 4.79 Å². The Morgan fingerprint density at radius 3 is 2.59 bits per heavy atom. The molecule has 0 bridgehead atoms. The van der Waals surface area contributed by atoms with Crippen LogP contribution in [0.2, 0.25) is 0 Å². The van der Waals surface area contributed by atoms with E-state index in [0.29, 0.717) is 11.6 Å². The number of carbonyl (C=O) groups is 1. The summed E-state index contributed by atoms with van der Waals surface area (Å²) in [6.07, 6.45) is 8.63. The Hall–Kier alpha value is -2.17. The first-order valence-corrected chi connectivity index (χ1v) is 7.93. The first kappa shape index (κ1) is 14.8. The SMILES string of the molecule is CCc1nc(C)ncc1C(=O)N1CCC(n2cccc2)CC1. The maximum Gasteiger partial charge on any atom is 0.257 e. The van der Waals surface area contributed by atoms with Crippen LogP contribution < -0.4 is 0 Å². The van der Waals surface area contributed by atoms with E-state index < -0.39 is 0 Å². The largest absolute Gasteiger partial charge is 0.351 e. The average Bonchev–Trinajstić information content (AvgIpc) is 3.08. The number of hydrogen-bond donors (Lipinski definition) is 0. The van der Waals surface area contributed by atoms with Crippen LogP contribution in [-0.2, 0) is 6.42 Å². The fraction of sp³-hybridized carbons (Fsp3) is 0.471. The van der Waals surface area contributed by atoms with Crippen molar-refractivity contribution in [2.75, 3.05) is 13.1 Å². The highest BCUT2D eigenvalue weighted by Crippen LogP contribution is 2.24. The van der Waals surface area contributed by atoms with Crippen molar-refractivity contribution in [2.24, 2.45) is 0 Å². The summed E-state index contributed by atoms with van der Waals surface area (Å²) in [5.41, 5.74) is 1.51. The van der Waals surface area contributed by atoms with Gasteiger partial charge in [0.15, 0.2) is 0 Å². The summed E-state index contributed by atoms with van der Waals surface area (Å²) >= 11 is 0. The van der Waals surface area contributed by atoms with E-state index in [0.717, 1.165) is 43.9 Å². The quantitative estimate of drug-likeness (QED) is 0.875. The first-order valence-electron chi connectivity index (χ1n) is 7.93. The van der Waals surface area contributed by atoms with Gasteiger partial charge in [0.2, 0.25) is 0 Å². The minimum atomic E-state index is 0.0720. The van der Waals surface area contributed by atoms with Gasteiger partial charge in [-0.3, -0.25) is 4.79 Å². The van der Waals surface area contributed by atoms with Gasteiger partial charge in [0.1, 0.15) is 5.82 Å². The zero-order valence-electron chi connectivity index (χ0n) is 13.2. The molecule has 22 heavy (non-hydrogen) atoms. The molecule has 0 spiro atoms. The molecule has 1 saturated heterocycles. The van der Waals surface area contributed by atoms with Crippen molar-refractivity contribution in [3.05, 3.63) is 47.8 Å². The number of amides is 1. The Kier molecular flexibility index (Phi) is 4.22. The van der Waals surface area contributed by atoms with Crippen LogP contribution in [0.5, 0.6) is 0 Å². The topological polar surface area (TPSA) is 51.0 Å². The van der Waals surface area contributed by atoms with Gasteiger partial charge in [-0.05, 0) is 38.3 Å². The number of rotatable bonds is 3. The van der Waals surface area contributed by atoms with Crippen molar-refractivity contribution in [3.63, 3.8) is 0 Å². The molecule has 0 atom stereocenters. The number of carbonyl (C=O) groups excluding carboxylic acids is 1. The highest BCUT2D eigenvalue weighted by molar-refractivity contribution is 5.95. The predicted molar refractivity (Wildman–Crippen MR) is 84.8 cm³/mol. The van der Waals surface area contributed by atoms with Crippen LogP contribution in [0, 0.1) is 6.92 Å². The summed E-state index contributed by atoms with van der Waals surface area (Å²) in [6, 6.07) is 4.60. The summed E-state index contributed by atoms with van der Waals surface area (Å²) in [6.45, 7) is 5.46. The lowest BCUT2D eigenvalue weighted by Gasteiger charge is -2.33. The van der Waals surface area contributed by atoms with Crippen LogP contribution in [0.3, 0.4) is 0 Å². The minimum Gasteiger partial charge on any atom is -0.351 e. The fourth-order valence-corrected chi connectivity index (χ4v) is 3.09. The molecular formula is C17H22N4O. The van der Waals surface area contributed by atoms with E-state index in [4.69, 9.17) is 0 Å². The number of nitrogens with zero attached hydrogens (tertiary/aromatic N) is 4. The molecule has 1 aliphatic rings. The minimum absolute atomic E-state index is 0.0720. The Balaban J connectivity index is 1.70. The molecule has 2 aromatic heterocycles. The van der Waals surface area contributed by atoms with Gasteiger partial charge in [-0.25, -0.2) is 9.97 Å². The predicted octanol–water partition coefficient (Wildman–Crippen LogP) is 2.63. The Labute approximate surface area is 131 Å². The van der Waals surface area contributed by atoms with Crippen molar-refractivity contribution in [1.82, 2.24) is 19.4 Å². The molecule has 3 rings (SSSR count). The average molecular weight is 298 g/mol. The molecule has 0 N–H and O–H groups in total. The standard InChI is InChI=1S/C17H22N4O/c1-3-16-15(12-18-13(2)19-16)17(22)21-10-6-14(7-11-21)20-8-4-5-9-20/h4-5,8-9,12,14H,3,6-7,10-11H2,1-2H3. The van der Waals surface area contributed by atoms with Crippen LogP contribution >= 0.6 is 0 Å². The Morgan fingerprint density at radius 1 is 1.27 bits per heavy atom. The van der Waals surface area contributed by atoms with Crippen LogP contribution in [0.4, 0.5) is 0 Å². The maximum absolute atomic E-state index is 12.7. The zero-order valence-corrected chi connectivity index (χ0v) is 13.2. The van der Waals surface area contributed by atoms with Crippen LogP contribution in [0.25, 0.3) is 0 Å². The van der Waals surface area contributed by atoms with Gasteiger partial charge >= 0.3 is 0 Å². The van der Waals surface area contributed by atoms with Crippen molar-refractivity contribution < 1.29 is 4.79 Å². The lowest BCUT2D eigenvalue weighted by molar-refractivity contribution is 0.0692. The van der Waals surface area contributed by atoms with Crippen LogP contribution in [-0.4, -0.2) is 38.4 Å². The molecule has 0 radical (unpaired) electrons. The lowest BCUT2D eigenvalue weighted by atomic mass is 10.0. The van der Waals surface area contributed by atoms with Crippen molar-refractivity contribution in [1.29, 1.82) is 0 Å². The van der Waals surface area contributed by atoms with Gasteiger partial charge in [0.25, 0.3) is 5.91 Å². The second-order valence-corrected chi connectivity index (χ2v) is 5.78. The monoisotopic (exact) mass is 298 g/mol. The number of hydrogen-bond acceptors (Lipinski definition) is 3. The normalized spacial score (nSPS) is 16.0. The molecule has 2 aromatic rings. The highest BCUT2D eigenvalue weighted by Gasteiger charge is 2.25. The molecule has 1 fully saturated rings. The van der Waals surface area contributed by atoms with E-state index >= 15 is 0 Å². The fourth-order valence-electron chi connectivity index (χ4n) is 3.09. The molecule has 3 heterocycles. The summed E-state index contributed by atoms with van der Waals surface area (Å²) in [4.78, 5) is 23.3. The number of aromatic nitrogens is 3. The van der Waals surface area contributed by atoms with Gasteiger partial charge in [-0.1, -0.05) is 6.92 Å². The van der Waals surface area contributed by atoms with Crippen molar-refractivity contribution >= 4 is 5.91 Å². The molecule has 5 heteroatoms. The van der Waals surface area contributed by atoms with E-state index in [1.54, 1.807) is 6.20 Å². The third kappa shape index (κ3) is 2.89. The molecule has 0 aliphatic carbocycles. The number of aryl methyl sites for hydroxylation is 2. The van der Waals surface area contributed by atoms with Crippen molar-refractivity contribution in [2.45, 2.75) is 39.2 Å². The first-order chi connectivity index (χ1) is 10.7. The van der Waals surface area contributed by atoms with Crippen LogP contribution in [0.15, 0.2) is 30.7 Å². The number of piperidine rings is 1. The third-order valence-electron chi connectivity index (χ3n) is 4.35. The molecule has 116 valence electrons. The lowest BCUT2D eigenvalue weighted by Crippen LogP contribution is -2.39. The molecule has 1 aliphatic heterocycles. The molecule has 0 unspecified atom stereocenters. The molecule has 5 nitrogen and oxygen atoms in total. The Morgan fingerprint density at radius 2 is 1.95 bits per heavy atom. The smallest absolute Gasteiger partial charge is 0.257 e. The van der Waals surface area contributed by atoms with E-state index in [2.05, 4.69) is 39.1 Å². The highest BCUT2D eigenvalue weighted by atomic mass is 16.2. The third-order valence-corrected chi connectivity index (χ3v) is 4.35. The number of likely N-dealkylation sites (tertiary alicyclic amines) is 1. The van der Waals surface area contributed by atoms with Gasteiger partial charge < -0.3 is 9.47 Å². The van der Waals surface area contributed by atoms with E-state index in [1.165, 1.54) is 0 Å². The second-order valence-electron chi connectivity index (χ2n) is 5.78. The van der Waals surface area contributed by atoms with Gasteiger partial charge in [0, 0.05) is 37.7 Å². The van der Waals surface area contributed by atoms with Gasteiger partial charge in [-0.2, -0.15) is 0 Å². The maximum atomic E-state index is 12.7. The summed E-state index contributed by atoms with van der Waals surface area (Å²) in [5.74, 6) is 0.794. The van der Waals surface area contributed by atoms with E-state index in [-0.39, 0.29) is 5.91 Å². The molecule has 0 saturated carbocycles. The van der Waals surface area contributed by atoms with Gasteiger partial charge in [0.05, 0.1) is 11.3 Å². The molecule has 0 aromatic carbocycles. The summed E-state index contributed by atoms with van der Waals surface area (Å²) in [5, 5.41) is 0. The summed E-state index contributed by atoms with van der Waals surface area (Å²) < 4.78 is 2.24. The Bertz CT molecular complexity index is 643. The van der Waals surface area contributed by atoms with Gasteiger partial charge in [-0.15, -0.1) is 0 Å². The van der Waals surface area contributed by atoms with Crippen LogP contribution in [0.1, 0.15) is 47.7 Å². The second kappa shape index (κ2) is 6.30. The molecular weight excluding hydrogens is 276 g/mol. The van der Waals surface area contributed by atoms with E-state index in [1.807, 2.05) is 18.7 Å². The molecule has 1 amide bonds.